The Morgan fingerprint density at radius 1 is 1.38 bits per heavy atom. The zero-order valence-electron chi connectivity index (χ0n) is 14.0. The predicted molar refractivity (Wildman–Crippen MR) is 94.1 cm³/mol. The number of carbonyl (C=O) groups excluding carboxylic acids is 1. The van der Waals surface area contributed by atoms with E-state index in [0.717, 1.165) is 29.6 Å². The van der Waals surface area contributed by atoms with Crippen LogP contribution in [-0.2, 0) is 11.3 Å². The van der Waals surface area contributed by atoms with E-state index in [-0.39, 0.29) is 12.5 Å². The third-order valence-electron chi connectivity index (χ3n) is 3.86. The minimum absolute atomic E-state index is 0.0402. The maximum Gasteiger partial charge on any atom is 0.262 e. The second-order valence-electron chi connectivity index (χ2n) is 6.20. The van der Waals surface area contributed by atoms with Gasteiger partial charge in [-0.05, 0) is 30.5 Å². The fraction of sp³-hybridized carbons (Fsp3) is 0.333. The van der Waals surface area contributed by atoms with Crippen molar-refractivity contribution in [1.82, 2.24) is 14.8 Å². The lowest BCUT2D eigenvalue weighted by Crippen LogP contribution is -2.19. The van der Waals surface area contributed by atoms with Gasteiger partial charge in [0.1, 0.15) is 5.75 Å². The molecule has 0 aliphatic heterocycles. The molecule has 0 aliphatic rings. The Bertz CT molecular complexity index is 806. The number of H-pyrrole nitrogens is 1. The fourth-order valence-electron chi connectivity index (χ4n) is 2.57. The summed E-state index contributed by atoms with van der Waals surface area (Å²) in [6.07, 6.45) is 6.37. The van der Waals surface area contributed by atoms with Crippen LogP contribution in [-0.4, -0.2) is 27.3 Å². The summed E-state index contributed by atoms with van der Waals surface area (Å²) in [7, 11) is 0. The monoisotopic (exact) mass is 326 g/mol. The van der Waals surface area contributed by atoms with Crippen molar-refractivity contribution in [3.05, 3.63) is 42.9 Å². The minimum atomic E-state index is -0.215. The third kappa shape index (κ3) is 3.76. The first-order valence-electron chi connectivity index (χ1n) is 8.13. The summed E-state index contributed by atoms with van der Waals surface area (Å²) in [6.45, 7) is 5.38. The molecule has 0 bridgehead atoms. The Balaban J connectivity index is 1.67. The molecule has 0 saturated carbocycles. The van der Waals surface area contributed by atoms with Crippen LogP contribution in [0, 0.1) is 5.92 Å². The molecule has 0 aliphatic carbocycles. The molecule has 0 saturated heterocycles. The van der Waals surface area contributed by atoms with E-state index in [1.54, 1.807) is 12.4 Å². The highest BCUT2D eigenvalue weighted by atomic mass is 16.5. The standard InChI is InChI=1S/C18H22N4O2/c1-13(2)6-8-22-9-7-15-16(22)4-3-5-17(15)24-12-18(23)21-14-10-19-20-11-14/h3-5,7,9-11,13H,6,8,12H2,1-2H3,(H,19,20)(H,21,23). The van der Waals surface area contributed by atoms with Crippen molar-refractivity contribution < 1.29 is 9.53 Å². The molecule has 2 N–H and O–H groups in total. The van der Waals surface area contributed by atoms with Gasteiger partial charge >= 0.3 is 0 Å². The second kappa shape index (κ2) is 7.21. The molecule has 6 nitrogen and oxygen atoms in total. The molecule has 126 valence electrons. The highest BCUT2D eigenvalue weighted by molar-refractivity contribution is 5.92. The van der Waals surface area contributed by atoms with Crippen LogP contribution in [0.2, 0.25) is 0 Å². The van der Waals surface area contributed by atoms with Gasteiger partial charge in [-0.3, -0.25) is 9.89 Å². The zero-order valence-corrected chi connectivity index (χ0v) is 14.0. The molecular weight excluding hydrogens is 304 g/mol. The molecule has 2 aromatic heterocycles. The number of benzene rings is 1. The van der Waals surface area contributed by atoms with E-state index in [4.69, 9.17) is 4.74 Å². The van der Waals surface area contributed by atoms with E-state index in [9.17, 15) is 4.79 Å². The number of nitrogens with one attached hydrogen (secondary N) is 2. The van der Waals surface area contributed by atoms with Gasteiger partial charge in [0.2, 0.25) is 0 Å². The predicted octanol–water partition coefficient (Wildman–Crippen LogP) is 3.43. The van der Waals surface area contributed by atoms with Crippen molar-refractivity contribution in [2.75, 3.05) is 11.9 Å². The summed E-state index contributed by atoms with van der Waals surface area (Å²) in [5.41, 5.74) is 1.75. The Morgan fingerprint density at radius 3 is 3.00 bits per heavy atom. The molecule has 3 rings (SSSR count). The molecule has 0 unspecified atom stereocenters. The number of hydrogen-bond donors (Lipinski definition) is 2. The van der Waals surface area contributed by atoms with Crippen molar-refractivity contribution >= 4 is 22.5 Å². The molecule has 0 spiro atoms. The van der Waals surface area contributed by atoms with Crippen molar-refractivity contribution in [2.45, 2.75) is 26.8 Å². The van der Waals surface area contributed by atoms with Crippen LogP contribution >= 0.6 is 0 Å². The number of aromatic amines is 1. The van der Waals surface area contributed by atoms with Gasteiger partial charge in [-0.1, -0.05) is 19.9 Å². The largest absolute Gasteiger partial charge is 0.483 e. The van der Waals surface area contributed by atoms with Crippen LogP contribution in [0.25, 0.3) is 10.9 Å². The van der Waals surface area contributed by atoms with Crippen LogP contribution < -0.4 is 10.1 Å². The summed E-state index contributed by atoms with van der Waals surface area (Å²) in [4.78, 5) is 11.9. The van der Waals surface area contributed by atoms with Crippen molar-refractivity contribution in [3.8, 4) is 5.75 Å². The second-order valence-corrected chi connectivity index (χ2v) is 6.20. The number of rotatable bonds is 7. The number of carbonyl (C=O) groups is 1. The van der Waals surface area contributed by atoms with Crippen molar-refractivity contribution in [1.29, 1.82) is 0 Å². The van der Waals surface area contributed by atoms with E-state index in [1.165, 1.54) is 0 Å². The number of aryl methyl sites for hydroxylation is 1. The maximum absolute atomic E-state index is 11.9. The van der Waals surface area contributed by atoms with Gasteiger partial charge in [0.05, 0.1) is 17.4 Å². The van der Waals surface area contributed by atoms with Crippen LogP contribution in [0.1, 0.15) is 20.3 Å². The molecule has 24 heavy (non-hydrogen) atoms. The molecule has 6 heteroatoms. The van der Waals surface area contributed by atoms with Crippen LogP contribution in [0.4, 0.5) is 5.69 Å². The molecule has 0 atom stereocenters. The molecule has 2 heterocycles. The van der Waals surface area contributed by atoms with Gasteiger partial charge in [-0.15, -0.1) is 0 Å². The molecule has 1 amide bonds. The average Bonchev–Trinajstić information content (AvgIpc) is 3.20. The lowest BCUT2D eigenvalue weighted by Gasteiger charge is -2.10. The Labute approximate surface area is 140 Å². The molecule has 0 fully saturated rings. The average molecular weight is 326 g/mol. The first-order valence-corrected chi connectivity index (χ1v) is 8.13. The lowest BCUT2D eigenvalue weighted by atomic mass is 10.1. The first-order chi connectivity index (χ1) is 11.6. The smallest absolute Gasteiger partial charge is 0.262 e. The summed E-state index contributed by atoms with van der Waals surface area (Å²) in [5, 5.41) is 10.2. The van der Waals surface area contributed by atoms with Crippen molar-refractivity contribution in [3.63, 3.8) is 0 Å². The van der Waals surface area contributed by atoms with E-state index >= 15 is 0 Å². The number of anilines is 1. The van der Waals surface area contributed by atoms with Crippen molar-refractivity contribution in [2.24, 2.45) is 5.92 Å². The molecule has 1 aromatic carbocycles. The number of ether oxygens (including phenoxy) is 1. The highest BCUT2D eigenvalue weighted by Gasteiger charge is 2.09. The Morgan fingerprint density at radius 2 is 2.25 bits per heavy atom. The Hall–Kier alpha value is -2.76. The van der Waals surface area contributed by atoms with Crippen LogP contribution in [0.5, 0.6) is 5.75 Å². The summed E-state index contributed by atoms with van der Waals surface area (Å²) >= 11 is 0. The summed E-state index contributed by atoms with van der Waals surface area (Å²) in [5.74, 6) is 1.17. The molecular formula is C18H22N4O2. The van der Waals surface area contributed by atoms with Crippen LogP contribution in [0.3, 0.4) is 0 Å². The number of fused-ring (bicyclic) bond motifs is 1. The highest BCUT2D eigenvalue weighted by Crippen LogP contribution is 2.27. The van der Waals surface area contributed by atoms with Crippen LogP contribution in [0.15, 0.2) is 42.9 Å². The quantitative estimate of drug-likeness (QED) is 0.699. The topological polar surface area (TPSA) is 71.9 Å². The number of hydrogen-bond acceptors (Lipinski definition) is 3. The van der Waals surface area contributed by atoms with Gasteiger partial charge < -0.3 is 14.6 Å². The lowest BCUT2D eigenvalue weighted by molar-refractivity contribution is -0.118. The van der Waals surface area contributed by atoms with E-state index in [0.29, 0.717) is 11.6 Å². The Kier molecular flexibility index (Phi) is 4.84. The first kappa shape index (κ1) is 16.1. The van der Waals surface area contributed by atoms with Gasteiger partial charge in [0.15, 0.2) is 6.61 Å². The van der Waals surface area contributed by atoms with Gasteiger partial charge in [0, 0.05) is 24.3 Å². The normalized spacial score (nSPS) is 11.1. The number of amides is 1. The minimum Gasteiger partial charge on any atom is -0.483 e. The van der Waals surface area contributed by atoms with Gasteiger partial charge in [-0.25, -0.2) is 0 Å². The third-order valence-corrected chi connectivity index (χ3v) is 3.86. The molecule has 0 radical (unpaired) electrons. The fourth-order valence-corrected chi connectivity index (χ4v) is 2.57. The van der Waals surface area contributed by atoms with E-state index in [2.05, 4.69) is 46.2 Å². The summed E-state index contributed by atoms with van der Waals surface area (Å²) < 4.78 is 7.94. The maximum atomic E-state index is 11.9. The van der Waals surface area contributed by atoms with E-state index < -0.39 is 0 Å². The zero-order chi connectivity index (χ0) is 16.9. The number of aromatic nitrogens is 3. The van der Waals surface area contributed by atoms with Gasteiger partial charge in [-0.2, -0.15) is 5.10 Å². The number of nitrogens with zero attached hydrogens (tertiary/aromatic N) is 2. The SMILES string of the molecule is CC(C)CCn1ccc2c(OCC(=O)Nc3cn[nH]c3)cccc21. The van der Waals surface area contributed by atoms with E-state index in [1.807, 2.05) is 18.2 Å². The van der Waals surface area contributed by atoms with Gasteiger partial charge in [0.25, 0.3) is 5.91 Å². The summed E-state index contributed by atoms with van der Waals surface area (Å²) in [6, 6.07) is 7.96. The molecule has 3 aromatic rings.